The van der Waals surface area contributed by atoms with E-state index in [0.717, 1.165) is 22.7 Å². The van der Waals surface area contributed by atoms with Crippen LogP contribution in [0, 0.1) is 11.3 Å². The van der Waals surface area contributed by atoms with Crippen molar-refractivity contribution in [3.8, 4) is 6.07 Å². The molecular formula is C11H11N3S. The molecule has 15 heavy (non-hydrogen) atoms. The van der Waals surface area contributed by atoms with E-state index in [1.54, 1.807) is 0 Å². The maximum absolute atomic E-state index is 8.56. The van der Waals surface area contributed by atoms with E-state index in [0.29, 0.717) is 5.75 Å². The summed E-state index contributed by atoms with van der Waals surface area (Å²) < 4.78 is 2.14. The summed E-state index contributed by atoms with van der Waals surface area (Å²) in [6.45, 7) is 2.97. The zero-order valence-electron chi connectivity index (χ0n) is 8.47. The average Bonchev–Trinajstić information content (AvgIpc) is 2.63. The lowest BCUT2D eigenvalue weighted by atomic mass is 10.3. The summed E-state index contributed by atoms with van der Waals surface area (Å²) in [7, 11) is 0. The second kappa shape index (κ2) is 4.37. The fourth-order valence-electron chi connectivity index (χ4n) is 1.57. The summed E-state index contributed by atoms with van der Waals surface area (Å²) in [5.74, 6) is 0.448. The smallest absolute Gasteiger partial charge is 0.170 e. The zero-order valence-corrected chi connectivity index (χ0v) is 9.29. The molecule has 1 aromatic heterocycles. The Hall–Kier alpha value is -1.47. The van der Waals surface area contributed by atoms with Gasteiger partial charge in [-0.05, 0) is 19.1 Å². The van der Waals surface area contributed by atoms with Gasteiger partial charge in [-0.3, -0.25) is 0 Å². The lowest BCUT2D eigenvalue weighted by Crippen LogP contribution is -1.96. The molecule has 0 atom stereocenters. The minimum atomic E-state index is 0.448. The molecular weight excluding hydrogens is 206 g/mol. The van der Waals surface area contributed by atoms with Crippen LogP contribution >= 0.6 is 11.8 Å². The number of hydrogen-bond donors (Lipinski definition) is 0. The molecule has 0 aliphatic carbocycles. The number of para-hydroxylation sites is 2. The van der Waals surface area contributed by atoms with Crippen LogP contribution in [0.15, 0.2) is 29.4 Å². The monoisotopic (exact) mass is 217 g/mol. The van der Waals surface area contributed by atoms with Crippen molar-refractivity contribution >= 4 is 22.8 Å². The molecule has 0 bridgehead atoms. The molecule has 0 saturated heterocycles. The van der Waals surface area contributed by atoms with Crippen molar-refractivity contribution in [2.75, 3.05) is 5.75 Å². The van der Waals surface area contributed by atoms with E-state index >= 15 is 0 Å². The van der Waals surface area contributed by atoms with E-state index in [1.165, 1.54) is 11.8 Å². The Labute approximate surface area is 92.7 Å². The van der Waals surface area contributed by atoms with E-state index in [2.05, 4.69) is 28.6 Å². The van der Waals surface area contributed by atoms with Crippen LogP contribution in [-0.4, -0.2) is 15.3 Å². The Bertz CT molecular complexity index is 510. The van der Waals surface area contributed by atoms with E-state index in [1.807, 2.05) is 18.2 Å². The Morgan fingerprint density at radius 1 is 1.47 bits per heavy atom. The first-order valence-corrected chi connectivity index (χ1v) is 5.80. The van der Waals surface area contributed by atoms with Gasteiger partial charge in [0.05, 0.1) is 22.9 Å². The molecule has 3 nitrogen and oxygen atoms in total. The third kappa shape index (κ3) is 1.83. The Balaban J connectivity index is 2.50. The van der Waals surface area contributed by atoms with Crippen LogP contribution in [-0.2, 0) is 6.54 Å². The summed E-state index contributed by atoms with van der Waals surface area (Å²) in [5.41, 5.74) is 2.14. The van der Waals surface area contributed by atoms with Crippen molar-refractivity contribution in [3.05, 3.63) is 24.3 Å². The first kappa shape index (κ1) is 10.1. The molecule has 76 valence electrons. The van der Waals surface area contributed by atoms with Crippen LogP contribution in [0.4, 0.5) is 0 Å². The van der Waals surface area contributed by atoms with Crippen molar-refractivity contribution in [2.45, 2.75) is 18.6 Å². The highest BCUT2D eigenvalue weighted by atomic mass is 32.2. The quantitative estimate of drug-likeness (QED) is 0.742. The number of fused-ring (bicyclic) bond motifs is 1. The maximum atomic E-state index is 8.56. The van der Waals surface area contributed by atoms with Gasteiger partial charge in [-0.25, -0.2) is 4.98 Å². The second-order valence-corrected chi connectivity index (χ2v) is 4.02. The Morgan fingerprint density at radius 3 is 3.00 bits per heavy atom. The van der Waals surface area contributed by atoms with Crippen molar-refractivity contribution in [2.24, 2.45) is 0 Å². The van der Waals surface area contributed by atoms with Crippen molar-refractivity contribution in [1.82, 2.24) is 9.55 Å². The molecule has 0 aliphatic rings. The summed E-state index contributed by atoms with van der Waals surface area (Å²) in [6.07, 6.45) is 0. The van der Waals surface area contributed by atoms with E-state index < -0.39 is 0 Å². The first-order chi connectivity index (χ1) is 7.36. The number of imidazole rings is 1. The number of hydrogen-bond acceptors (Lipinski definition) is 3. The van der Waals surface area contributed by atoms with Gasteiger partial charge < -0.3 is 4.57 Å². The first-order valence-electron chi connectivity index (χ1n) is 4.82. The fraction of sp³-hybridized carbons (Fsp3) is 0.273. The summed E-state index contributed by atoms with van der Waals surface area (Å²) in [6, 6.07) is 10.2. The maximum Gasteiger partial charge on any atom is 0.170 e. The van der Waals surface area contributed by atoms with Gasteiger partial charge in [0.2, 0.25) is 0 Å². The molecule has 0 radical (unpaired) electrons. The molecule has 4 heteroatoms. The lowest BCUT2D eigenvalue weighted by Gasteiger charge is -2.02. The highest BCUT2D eigenvalue weighted by Crippen LogP contribution is 2.23. The lowest BCUT2D eigenvalue weighted by molar-refractivity contribution is 0.703. The van der Waals surface area contributed by atoms with Crippen LogP contribution in [0.25, 0.3) is 11.0 Å². The average molecular weight is 217 g/mol. The Kier molecular flexibility index (Phi) is 2.93. The molecule has 0 unspecified atom stereocenters. The van der Waals surface area contributed by atoms with Gasteiger partial charge in [0.1, 0.15) is 0 Å². The van der Waals surface area contributed by atoms with Gasteiger partial charge in [-0.15, -0.1) is 0 Å². The highest BCUT2D eigenvalue weighted by Gasteiger charge is 2.08. The summed E-state index contributed by atoms with van der Waals surface area (Å²) in [5, 5.41) is 9.49. The van der Waals surface area contributed by atoms with Crippen molar-refractivity contribution in [3.63, 3.8) is 0 Å². The van der Waals surface area contributed by atoms with Crippen LogP contribution in [0.3, 0.4) is 0 Å². The minimum absolute atomic E-state index is 0.448. The number of nitrogens with zero attached hydrogens (tertiary/aromatic N) is 3. The number of rotatable bonds is 3. The SMILES string of the molecule is CCn1c(SCC#N)nc2ccccc21. The standard InChI is InChI=1S/C11H11N3S/c1-2-14-10-6-4-3-5-9(10)13-11(14)15-8-7-12/h3-6H,2,8H2,1H3. The summed E-state index contributed by atoms with van der Waals surface area (Å²) in [4.78, 5) is 4.50. The van der Waals surface area contributed by atoms with Gasteiger partial charge in [0, 0.05) is 6.54 Å². The zero-order chi connectivity index (χ0) is 10.7. The van der Waals surface area contributed by atoms with Crippen LogP contribution in [0.5, 0.6) is 0 Å². The minimum Gasteiger partial charge on any atom is -0.319 e. The largest absolute Gasteiger partial charge is 0.319 e. The molecule has 0 spiro atoms. The number of nitriles is 1. The normalized spacial score (nSPS) is 10.4. The van der Waals surface area contributed by atoms with Crippen LogP contribution in [0.1, 0.15) is 6.92 Å². The van der Waals surface area contributed by atoms with Gasteiger partial charge in [-0.2, -0.15) is 5.26 Å². The molecule has 1 heterocycles. The molecule has 0 N–H and O–H groups in total. The highest BCUT2D eigenvalue weighted by molar-refractivity contribution is 7.99. The van der Waals surface area contributed by atoms with Gasteiger partial charge in [-0.1, -0.05) is 23.9 Å². The third-order valence-electron chi connectivity index (χ3n) is 2.20. The molecule has 0 fully saturated rings. The van der Waals surface area contributed by atoms with Crippen LogP contribution in [0.2, 0.25) is 0 Å². The second-order valence-electron chi connectivity index (χ2n) is 3.07. The van der Waals surface area contributed by atoms with E-state index in [-0.39, 0.29) is 0 Å². The van der Waals surface area contributed by atoms with Gasteiger partial charge >= 0.3 is 0 Å². The van der Waals surface area contributed by atoms with Gasteiger partial charge in [0.25, 0.3) is 0 Å². The number of aromatic nitrogens is 2. The Morgan fingerprint density at radius 2 is 2.27 bits per heavy atom. The third-order valence-corrected chi connectivity index (χ3v) is 3.04. The molecule has 2 aromatic rings. The van der Waals surface area contributed by atoms with Crippen molar-refractivity contribution in [1.29, 1.82) is 5.26 Å². The fourth-order valence-corrected chi connectivity index (χ4v) is 2.31. The topological polar surface area (TPSA) is 41.6 Å². The van der Waals surface area contributed by atoms with E-state index in [9.17, 15) is 0 Å². The summed E-state index contributed by atoms with van der Waals surface area (Å²) >= 11 is 1.49. The van der Waals surface area contributed by atoms with Crippen LogP contribution < -0.4 is 0 Å². The van der Waals surface area contributed by atoms with E-state index in [4.69, 9.17) is 5.26 Å². The van der Waals surface area contributed by atoms with Crippen molar-refractivity contribution < 1.29 is 0 Å². The molecule has 2 rings (SSSR count). The number of benzene rings is 1. The van der Waals surface area contributed by atoms with Gasteiger partial charge in [0.15, 0.2) is 5.16 Å². The predicted molar refractivity (Wildman–Crippen MR) is 61.7 cm³/mol. The number of aryl methyl sites for hydroxylation is 1. The molecule has 0 aliphatic heterocycles. The predicted octanol–water partition coefficient (Wildman–Crippen LogP) is 2.67. The molecule has 0 saturated carbocycles. The number of thioether (sulfide) groups is 1. The molecule has 0 amide bonds. The molecule has 1 aromatic carbocycles.